The number of ketones is 1. The van der Waals surface area contributed by atoms with E-state index in [1.807, 2.05) is 66.7 Å². The second-order valence-electron chi connectivity index (χ2n) is 9.61. The van der Waals surface area contributed by atoms with Crippen LogP contribution < -0.4 is 5.73 Å². The average molecular weight is 468 g/mol. The highest BCUT2D eigenvalue weighted by atomic mass is 16.1. The van der Waals surface area contributed by atoms with Gasteiger partial charge in [0.1, 0.15) is 11.5 Å². The van der Waals surface area contributed by atoms with Gasteiger partial charge in [0, 0.05) is 31.1 Å². The molecule has 0 unspecified atom stereocenters. The Morgan fingerprint density at radius 2 is 1.69 bits per heavy atom. The van der Waals surface area contributed by atoms with Crippen LogP contribution in [0.3, 0.4) is 0 Å². The van der Waals surface area contributed by atoms with Crippen LogP contribution >= 0.6 is 0 Å². The molecule has 1 heterocycles. The normalized spacial score (nSPS) is 24.1. The average Bonchev–Trinajstić information content (AvgIpc) is 3.17. The molecule has 2 atom stereocenters. The van der Waals surface area contributed by atoms with Crippen LogP contribution in [0.5, 0.6) is 0 Å². The third kappa shape index (κ3) is 2.48. The molecule has 3 aromatic carbocycles. The largest absolute Gasteiger partial charge is 0.399 e. The zero-order chi connectivity index (χ0) is 25.1. The predicted molar refractivity (Wildman–Crippen MR) is 134 cm³/mol. The van der Waals surface area contributed by atoms with Crippen LogP contribution in [0.15, 0.2) is 89.6 Å². The van der Waals surface area contributed by atoms with Gasteiger partial charge in [0.05, 0.1) is 23.4 Å². The summed E-state index contributed by atoms with van der Waals surface area (Å²) in [4.78, 5) is 16.7. The Morgan fingerprint density at radius 3 is 2.39 bits per heavy atom. The molecule has 0 bridgehead atoms. The highest BCUT2D eigenvalue weighted by molar-refractivity contribution is 6.22. The summed E-state index contributed by atoms with van der Waals surface area (Å²) in [7, 11) is 0. The summed E-state index contributed by atoms with van der Waals surface area (Å²) in [6.45, 7) is 1.60. The van der Waals surface area contributed by atoms with Crippen molar-refractivity contribution in [3.05, 3.63) is 106 Å². The van der Waals surface area contributed by atoms with E-state index in [2.05, 4.69) is 23.1 Å². The molecule has 0 saturated carbocycles. The van der Waals surface area contributed by atoms with Crippen molar-refractivity contribution in [3.8, 4) is 18.2 Å². The number of benzene rings is 3. The molecule has 3 aliphatic rings. The molecule has 172 valence electrons. The zero-order valence-electron chi connectivity index (χ0n) is 19.4. The molecule has 3 aromatic rings. The van der Waals surface area contributed by atoms with Crippen molar-refractivity contribution in [3.63, 3.8) is 0 Å². The number of nitrogens with two attached hydrogens (primary N) is 1. The number of nitrogens with zero attached hydrogens (tertiary/aromatic N) is 4. The Labute approximate surface area is 208 Å². The molecule has 1 spiro atoms. The lowest BCUT2D eigenvalue weighted by Gasteiger charge is -2.51. The Morgan fingerprint density at radius 1 is 0.972 bits per heavy atom. The molecular formula is C30H21N5O. The summed E-state index contributed by atoms with van der Waals surface area (Å²) in [5, 5.41) is 33.0. The van der Waals surface area contributed by atoms with Gasteiger partial charge in [0.2, 0.25) is 5.41 Å². The molecule has 0 amide bonds. The van der Waals surface area contributed by atoms with Gasteiger partial charge in [-0.15, -0.1) is 0 Å². The first-order valence-corrected chi connectivity index (χ1v) is 11.8. The van der Waals surface area contributed by atoms with Gasteiger partial charge in [-0.3, -0.25) is 9.69 Å². The fourth-order valence-corrected chi connectivity index (χ4v) is 6.59. The molecule has 6 heteroatoms. The SMILES string of the molecule is N#CC1=C(N)C(C#N)(C#N)[C@]2(C(=O)c3cccc4cccc2c34)[C@H]2CN(Cc3ccccc3)CC=C12. The lowest BCUT2D eigenvalue weighted by atomic mass is 9.47. The minimum Gasteiger partial charge on any atom is -0.399 e. The number of nitriles is 3. The van der Waals surface area contributed by atoms with Crippen molar-refractivity contribution in [2.24, 2.45) is 17.1 Å². The van der Waals surface area contributed by atoms with E-state index in [0.29, 0.717) is 36.3 Å². The maximum Gasteiger partial charge on any atom is 0.201 e. The van der Waals surface area contributed by atoms with Crippen molar-refractivity contribution < 1.29 is 4.79 Å². The van der Waals surface area contributed by atoms with Crippen LogP contribution in [0.4, 0.5) is 0 Å². The van der Waals surface area contributed by atoms with Gasteiger partial charge >= 0.3 is 0 Å². The molecule has 1 aliphatic heterocycles. The predicted octanol–water partition coefficient (Wildman–Crippen LogP) is 4.12. The van der Waals surface area contributed by atoms with Crippen LogP contribution in [-0.4, -0.2) is 23.8 Å². The number of carbonyl (C=O) groups is 1. The van der Waals surface area contributed by atoms with Crippen molar-refractivity contribution in [1.29, 1.82) is 15.8 Å². The number of allylic oxidation sites excluding steroid dienone is 2. The summed E-state index contributed by atoms with van der Waals surface area (Å²) in [6, 6.07) is 27.6. The highest BCUT2D eigenvalue weighted by Crippen LogP contribution is 2.63. The van der Waals surface area contributed by atoms with Crippen molar-refractivity contribution >= 4 is 16.6 Å². The van der Waals surface area contributed by atoms with Crippen LogP contribution in [0.25, 0.3) is 10.8 Å². The summed E-state index contributed by atoms with van der Waals surface area (Å²) in [6.07, 6.45) is 1.94. The van der Waals surface area contributed by atoms with Crippen molar-refractivity contribution in [2.75, 3.05) is 13.1 Å². The van der Waals surface area contributed by atoms with E-state index in [1.54, 1.807) is 6.07 Å². The van der Waals surface area contributed by atoms with Crippen LogP contribution in [0, 0.1) is 45.3 Å². The van der Waals surface area contributed by atoms with E-state index in [0.717, 1.165) is 16.3 Å². The van der Waals surface area contributed by atoms with E-state index in [-0.39, 0.29) is 17.1 Å². The third-order valence-corrected chi connectivity index (χ3v) is 8.09. The van der Waals surface area contributed by atoms with E-state index >= 15 is 0 Å². The first-order valence-electron chi connectivity index (χ1n) is 11.8. The summed E-state index contributed by atoms with van der Waals surface area (Å²) >= 11 is 0. The second-order valence-corrected chi connectivity index (χ2v) is 9.61. The first-order chi connectivity index (χ1) is 17.5. The maximum absolute atomic E-state index is 14.5. The van der Waals surface area contributed by atoms with Gasteiger partial charge in [-0.25, -0.2) is 0 Å². The number of Topliss-reactive ketones (excluding diaryl/α,β-unsaturated/α-hetero) is 1. The van der Waals surface area contributed by atoms with Gasteiger partial charge in [0.25, 0.3) is 0 Å². The maximum atomic E-state index is 14.5. The van der Waals surface area contributed by atoms with Crippen LogP contribution in [0.2, 0.25) is 0 Å². The molecule has 2 N–H and O–H groups in total. The van der Waals surface area contributed by atoms with Gasteiger partial charge in [0.15, 0.2) is 5.78 Å². The molecule has 0 aromatic heterocycles. The molecule has 0 fully saturated rings. The Balaban J connectivity index is 1.66. The third-order valence-electron chi connectivity index (χ3n) is 8.09. The Hall–Kier alpha value is -4.70. The Bertz CT molecular complexity index is 1630. The monoisotopic (exact) mass is 467 g/mol. The molecule has 6 rings (SSSR count). The molecule has 36 heavy (non-hydrogen) atoms. The minimum atomic E-state index is -2.03. The number of hydrogen-bond donors (Lipinski definition) is 1. The topological polar surface area (TPSA) is 118 Å². The molecule has 6 nitrogen and oxygen atoms in total. The molecule has 0 saturated heterocycles. The van der Waals surface area contributed by atoms with E-state index < -0.39 is 16.7 Å². The summed E-state index contributed by atoms with van der Waals surface area (Å²) in [5.41, 5.74) is 5.86. The van der Waals surface area contributed by atoms with Gasteiger partial charge < -0.3 is 5.73 Å². The number of hydrogen-bond acceptors (Lipinski definition) is 6. The summed E-state index contributed by atoms with van der Waals surface area (Å²) in [5.74, 6) is -0.878. The van der Waals surface area contributed by atoms with Gasteiger partial charge in [-0.05, 0) is 27.5 Å². The van der Waals surface area contributed by atoms with Crippen LogP contribution in [0.1, 0.15) is 21.5 Å². The number of carbonyl (C=O) groups excluding carboxylic acids is 1. The number of fused-ring (bicyclic) bond motifs is 3. The standard InChI is InChI=1S/C30H21N5O/c31-14-23-21-12-13-35(15-19-6-2-1-3-7-19)16-25(21)30(29(17-32,18-33)27(23)34)24-11-5-9-20-8-4-10-22(26(20)24)28(30)36/h1-12,25H,13,15-16,34H2/t25-,30-/m0/s1. The first kappa shape index (κ1) is 21.8. The lowest BCUT2D eigenvalue weighted by molar-refractivity contribution is 0.0685. The van der Waals surface area contributed by atoms with Gasteiger partial charge in [-0.2, -0.15) is 15.8 Å². The number of rotatable bonds is 2. The summed E-state index contributed by atoms with van der Waals surface area (Å²) < 4.78 is 0. The molecule has 2 aliphatic carbocycles. The van der Waals surface area contributed by atoms with Crippen molar-refractivity contribution in [2.45, 2.75) is 12.0 Å². The van der Waals surface area contributed by atoms with E-state index in [1.165, 1.54) is 0 Å². The molecular weight excluding hydrogens is 446 g/mol. The zero-order valence-corrected chi connectivity index (χ0v) is 19.4. The molecule has 0 radical (unpaired) electrons. The minimum absolute atomic E-state index is 0.132. The van der Waals surface area contributed by atoms with Gasteiger partial charge in [-0.1, -0.05) is 72.8 Å². The fraction of sp³-hybridized carbons (Fsp3) is 0.200. The lowest BCUT2D eigenvalue weighted by Crippen LogP contribution is -2.62. The quantitative estimate of drug-likeness (QED) is 0.606. The fourth-order valence-electron chi connectivity index (χ4n) is 6.59. The van der Waals surface area contributed by atoms with E-state index in [9.17, 15) is 20.6 Å². The smallest absolute Gasteiger partial charge is 0.201 e. The Kier molecular flexibility index (Phi) is 4.64. The van der Waals surface area contributed by atoms with Crippen molar-refractivity contribution in [1.82, 2.24) is 4.90 Å². The van der Waals surface area contributed by atoms with Crippen LogP contribution in [-0.2, 0) is 12.0 Å². The highest BCUT2D eigenvalue weighted by Gasteiger charge is 2.71. The second kappa shape index (κ2) is 7.65. The van der Waals surface area contributed by atoms with E-state index in [4.69, 9.17) is 5.73 Å².